The van der Waals surface area contributed by atoms with Gasteiger partial charge in [-0.15, -0.1) is 0 Å². The molecule has 6 heteroatoms. The van der Waals surface area contributed by atoms with Gasteiger partial charge in [-0.1, -0.05) is 30.3 Å². The van der Waals surface area contributed by atoms with Crippen molar-refractivity contribution in [3.05, 3.63) is 58.2 Å². The summed E-state index contributed by atoms with van der Waals surface area (Å²) >= 11 is 0. The number of hydrogen-bond donors (Lipinski definition) is 2. The summed E-state index contributed by atoms with van der Waals surface area (Å²) < 4.78 is 3.10. The van der Waals surface area contributed by atoms with Gasteiger partial charge in [0.1, 0.15) is 5.52 Å². The smallest absolute Gasteiger partial charge is 0.311 e. The van der Waals surface area contributed by atoms with Crippen molar-refractivity contribution in [1.29, 1.82) is 5.41 Å². The summed E-state index contributed by atoms with van der Waals surface area (Å²) in [7, 11) is 1.63. The van der Waals surface area contributed by atoms with Crippen LogP contribution in [0.25, 0.3) is 11.2 Å². The van der Waals surface area contributed by atoms with Crippen LogP contribution in [-0.2, 0) is 13.6 Å². The molecule has 0 aliphatic heterocycles. The first-order valence-electron chi connectivity index (χ1n) is 5.89. The Bertz CT molecular complexity index is 841. The molecule has 0 aliphatic carbocycles. The zero-order valence-electron chi connectivity index (χ0n) is 10.4. The molecule has 0 spiro atoms. The molecule has 0 saturated heterocycles. The van der Waals surface area contributed by atoms with Gasteiger partial charge in [0.05, 0.1) is 12.9 Å². The molecule has 0 aliphatic rings. The normalized spacial score (nSPS) is 11.0. The second-order valence-electron chi connectivity index (χ2n) is 4.39. The molecule has 2 aromatic heterocycles. The molecular weight excluding hydrogens is 242 g/mol. The van der Waals surface area contributed by atoms with Crippen LogP contribution < -0.4 is 11.2 Å². The zero-order chi connectivity index (χ0) is 13.4. The largest absolute Gasteiger partial charge is 0.327 e. The van der Waals surface area contributed by atoms with Crippen molar-refractivity contribution in [3.63, 3.8) is 0 Å². The highest BCUT2D eigenvalue weighted by Crippen LogP contribution is 2.03. The molecular formula is C13H13N5O. The molecule has 96 valence electrons. The second kappa shape index (κ2) is 4.24. The summed E-state index contributed by atoms with van der Waals surface area (Å²) in [6.07, 6.45) is 1.59. The number of hydrogen-bond acceptors (Lipinski definition) is 3. The summed E-state index contributed by atoms with van der Waals surface area (Å²) in [5.74, 6) is 0. The molecule has 0 radical (unpaired) electrons. The van der Waals surface area contributed by atoms with Crippen molar-refractivity contribution >= 4 is 11.2 Å². The van der Waals surface area contributed by atoms with E-state index in [-0.39, 0.29) is 11.2 Å². The van der Waals surface area contributed by atoms with Gasteiger partial charge in [-0.3, -0.25) is 9.98 Å². The number of rotatable bonds is 2. The Morgan fingerprint density at radius 1 is 1.32 bits per heavy atom. The van der Waals surface area contributed by atoms with Gasteiger partial charge in [0.25, 0.3) is 0 Å². The lowest BCUT2D eigenvalue weighted by atomic mass is 10.2. The molecule has 3 rings (SSSR count). The van der Waals surface area contributed by atoms with E-state index < -0.39 is 0 Å². The number of imidazole rings is 1. The average molecular weight is 255 g/mol. The van der Waals surface area contributed by atoms with Crippen LogP contribution in [0.1, 0.15) is 5.56 Å². The summed E-state index contributed by atoms with van der Waals surface area (Å²) in [4.78, 5) is 18.4. The van der Waals surface area contributed by atoms with Crippen LogP contribution in [0.15, 0.2) is 41.5 Å². The highest BCUT2D eigenvalue weighted by Gasteiger charge is 2.08. The lowest BCUT2D eigenvalue weighted by Gasteiger charge is -2.06. The molecule has 19 heavy (non-hydrogen) atoms. The third kappa shape index (κ3) is 1.87. The van der Waals surface area contributed by atoms with Crippen molar-refractivity contribution < 1.29 is 0 Å². The number of aromatic nitrogens is 4. The quantitative estimate of drug-likeness (QED) is 0.703. The van der Waals surface area contributed by atoms with E-state index in [0.29, 0.717) is 17.7 Å². The van der Waals surface area contributed by atoms with E-state index in [0.717, 1.165) is 5.56 Å². The van der Waals surface area contributed by atoms with Gasteiger partial charge in [0, 0.05) is 7.05 Å². The van der Waals surface area contributed by atoms with Crippen molar-refractivity contribution in [1.82, 2.24) is 19.1 Å². The number of aryl methyl sites for hydroxylation is 1. The molecule has 0 saturated carbocycles. The maximum Gasteiger partial charge on any atom is 0.327 e. The van der Waals surface area contributed by atoms with E-state index in [1.54, 1.807) is 17.9 Å². The predicted octanol–water partition coefficient (Wildman–Crippen LogP) is 0.591. The summed E-state index contributed by atoms with van der Waals surface area (Å²) in [5, 5.41) is 8.14. The number of aromatic amines is 1. The van der Waals surface area contributed by atoms with Crippen LogP contribution in [0, 0.1) is 5.41 Å². The maximum absolute atomic E-state index is 11.5. The fraction of sp³-hybridized carbons (Fsp3) is 0.154. The molecule has 6 nitrogen and oxygen atoms in total. The minimum Gasteiger partial charge on any atom is -0.311 e. The van der Waals surface area contributed by atoms with Crippen LogP contribution in [0.4, 0.5) is 0 Å². The van der Waals surface area contributed by atoms with E-state index in [4.69, 9.17) is 5.41 Å². The maximum atomic E-state index is 11.5. The molecule has 1 aromatic carbocycles. The fourth-order valence-corrected chi connectivity index (χ4v) is 2.05. The van der Waals surface area contributed by atoms with E-state index in [1.807, 2.05) is 30.3 Å². The molecule has 0 unspecified atom stereocenters. The lowest BCUT2D eigenvalue weighted by Crippen LogP contribution is -2.21. The third-order valence-electron chi connectivity index (χ3n) is 3.12. The van der Waals surface area contributed by atoms with E-state index >= 15 is 0 Å². The average Bonchev–Trinajstić information content (AvgIpc) is 2.71. The highest BCUT2D eigenvalue weighted by molar-refractivity contribution is 5.68. The molecule has 0 fully saturated rings. The SMILES string of the molecule is Cn1c(=O)[nH]c2c(=N)n(Cc3ccccc3)cnc21. The van der Waals surface area contributed by atoms with Gasteiger partial charge >= 0.3 is 5.69 Å². The third-order valence-corrected chi connectivity index (χ3v) is 3.12. The molecule has 2 heterocycles. The molecule has 2 N–H and O–H groups in total. The van der Waals surface area contributed by atoms with Crippen molar-refractivity contribution in [2.45, 2.75) is 6.54 Å². The van der Waals surface area contributed by atoms with Crippen molar-refractivity contribution in [2.75, 3.05) is 0 Å². The van der Waals surface area contributed by atoms with Gasteiger partial charge < -0.3 is 9.55 Å². The Balaban J connectivity index is 2.14. The highest BCUT2D eigenvalue weighted by atomic mass is 16.1. The van der Waals surface area contributed by atoms with Crippen LogP contribution in [0.2, 0.25) is 0 Å². The molecule has 0 atom stereocenters. The molecule has 0 amide bonds. The zero-order valence-corrected chi connectivity index (χ0v) is 10.4. The fourth-order valence-electron chi connectivity index (χ4n) is 2.05. The van der Waals surface area contributed by atoms with Crippen molar-refractivity contribution in [3.8, 4) is 0 Å². The van der Waals surface area contributed by atoms with Gasteiger partial charge in [-0.25, -0.2) is 9.78 Å². The number of benzene rings is 1. The number of fused-ring (bicyclic) bond motifs is 1. The second-order valence-corrected chi connectivity index (χ2v) is 4.39. The van der Waals surface area contributed by atoms with E-state index in [9.17, 15) is 4.79 Å². The summed E-state index contributed by atoms with van der Waals surface area (Å²) in [5.41, 5.74) is 2.05. The van der Waals surface area contributed by atoms with Gasteiger partial charge in [0.15, 0.2) is 11.1 Å². The van der Waals surface area contributed by atoms with Crippen LogP contribution in [-0.4, -0.2) is 19.1 Å². The predicted molar refractivity (Wildman–Crippen MR) is 70.7 cm³/mol. The first kappa shape index (κ1) is 11.5. The minimum atomic E-state index is -0.256. The van der Waals surface area contributed by atoms with E-state index in [1.165, 1.54) is 4.57 Å². The molecule has 3 aromatic rings. The summed E-state index contributed by atoms with van der Waals surface area (Å²) in [6.45, 7) is 0.555. The van der Waals surface area contributed by atoms with Crippen LogP contribution in [0.3, 0.4) is 0 Å². The van der Waals surface area contributed by atoms with Gasteiger partial charge in [0.2, 0.25) is 0 Å². The number of H-pyrrole nitrogens is 1. The standard InChI is InChI=1S/C13H13N5O/c1-17-12-10(16-13(17)19)11(14)18(8-15-12)7-9-5-3-2-4-6-9/h2-6,8,14H,7H2,1H3,(H,16,19). The minimum absolute atomic E-state index is 0.256. The number of nitrogens with zero attached hydrogens (tertiary/aromatic N) is 3. The van der Waals surface area contributed by atoms with Crippen LogP contribution in [0.5, 0.6) is 0 Å². The Morgan fingerprint density at radius 2 is 2.05 bits per heavy atom. The number of nitrogens with one attached hydrogen (secondary N) is 2. The topological polar surface area (TPSA) is 79.5 Å². The Labute approximate surface area is 108 Å². The van der Waals surface area contributed by atoms with E-state index in [2.05, 4.69) is 9.97 Å². The summed E-state index contributed by atoms with van der Waals surface area (Å²) in [6, 6.07) is 9.84. The first-order chi connectivity index (χ1) is 9.16. The van der Waals surface area contributed by atoms with Gasteiger partial charge in [-0.05, 0) is 5.56 Å². The monoisotopic (exact) mass is 255 g/mol. The Morgan fingerprint density at radius 3 is 2.79 bits per heavy atom. The van der Waals surface area contributed by atoms with Gasteiger partial charge in [-0.2, -0.15) is 0 Å². The lowest BCUT2D eigenvalue weighted by molar-refractivity contribution is 0.719. The Kier molecular flexibility index (Phi) is 2.56. The van der Waals surface area contributed by atoms with Crippen molar-refractivity contribution in [2.24, 2.45) is 7.05 Å². The van der Waals surface area contributed by atoms with Crippen LogP contribution >= 0.6 is 0 Å². The molecule has 0 bridgehead atoms. The first-order valence-corrected chi connectivity index (χ1v) is 5.89. The Hall–Kier alpha value is -2.63.